The topological polar surface area (TPSA) is 73.0 Å². The summed E-state index contributed by atoms with van der Waals surface area (Å²) < 4.78 is 5.30. The number of ether oxygens (including phenoxy) is 1. The summed E-state index contributed by atoms with van der Waals surface area (Å²) in [6, 6.07) is 7.65. The Bertz CT molecular complexity index is 702. The lowest BCUT2D eigenvalue weighted by Gasteiger charge is -2.25. The number of amidine groups is 1. The predicted molar refractivity (Wildman–Crippen MR) is 90.4 cm³/mol. The Morgan fingerprint density at radius 1 is 1.35 bits per heavy atom. The van der Waals surface area contributed by atoms with Crippen molar-refractivity contribution in [2.24, 2.45) is 10.9 Å². The molecule has 2 aromatic rings. The van der Waals surface area contributed by atoms with E-state index in [0.717, 1.165) is 42.8 Å². The van der Waals surface area contributed by atoms with Crippen molar-refractivity contribution in [3.63, 3.8) is 0 Å². The number of nitrogens with zero attached hydrogens (tertiary/aromatic N) is 3. The number of fused-ring (bicyclic) bond motifs is 1. The molecule has 23 heavy (non-hydrogen) atoms. The fraction of sp³-hybridized carbons (Fsp3) is 0.375. The standard InChI is InChI=1S/C16H19ClN4O2/c17-14-4-3-12-2-1-5-19-16(12)13(14)11-23-20-15(18)10-21-6-8-22-9-7-21/h1-5H,6-11H2,(H2,18,20). The smallest absolute Gasteiger partial charge is 0.153 e. The molecule has 7 heteroatoms. The number of nitrogens with two attached hydrogens (primary N) is 1. The van der Waals surface area contributed by atoms with E-state index < -0.39 is 0 Å². The van der Waals surface area contributed by atoms with Gasteiger partial charge in [0.05, 0.1) is 25.3 Å². The molecule has 1 aromatic carbocycles. The van der Waals surface area contributed by atoms with Crippen molar-refractivity contribution in [3.8, 4) is 0 Å². The van der Waals surface area contributed by atoms with E-state index in [1.54, 1.807) is 6.20 Å². The molecule has 3 rings (SSSR count). The SMILES string of the molecule is N/C(CN1CCOCC1)=N\OCc1c(Cl)ccc2cccnc12. The van der Waals surface area contributed by atoms with Crippen LogP contribution in [-0.4, -0.2) is 48.6 Å². The van der Waals surface area contributed by atoms with E-state index in [9.17, 15) is 0 Å². The van der Waals surface area contributed by atoms with Gasteiger partial charge in [0.1, 0.15) is 6.61 Å². The Morgan fingerprint density at radius 2 is 2.17 bits per heavy atom. The van der Waals surface area contributed by atoms with E-state index in [0.29, 0.717) is 17.4 Å². The molecule has 1 aliphatic rings. The minimum absolute atomic E-state index is 0.233. The second-order valence-electron chi connectivity index (χ2n) is 5.35. The Balaban J connectivity index is 1.64. The van der Waals surface area contributed by atoms with Crippen LogP contribution in [0.5, 0.6) is 0 Å². The molecule has 122 valence electrons. The van der Waals surface area contributed by atoms with Crippen LogP contribution >= 0.6 is 11.6 Å². The Morgan fingerprint density at radius 3 is 3.00 bits per heavy atom. The van der Waals surface area contributed by atoms with E-state index in [2.05, 4.69) is 15.0 Å². The number of rotatable bonds is 5. The molecule has 1 saturated heterocycles. The maximum Gasteiger partial charge on any atom is 0.153 e. The third kappa shape index (κ3) is 4.10. The molecular weight excluding hydrogens is 316 g/mol. The van der Waals surface area contributed by atoms with Crippen molar-refractivity contribution in [2.45, 2.75) is 6.61 Å². The first-order valence-electron chi connectivity index (χ1n) is 7.50. The number of hydrogen-bond donors (Lipinski definition) is 1. The molecule has 1 aliphatic heterocycles. The molecule has 6 nitrogen and oxygen atoms in total. The summed E-state index contributed by atoms with van der Waals surface area (Å²) >= 11 is 6.25. The van der Waals surface area contributed by atoms with Gasteiger partial charge < -0.3 is 15.3 Å². The molecule has 0 spiro atoms. The number of pyridine rings is 1. The van der Waals surface area contributed by atoms with Crippen LogP contribution in [0.25, 0.3) is 10.9 Å². The highest BCUT2D eigenvalue weighted by atomic mass is 35.5. The summed E-state index contributed by atoms with van der Waals surface area (Å²) in [6.07, 6.45) is 1.73. The van der Waals surface area contributed by atoms with Crippen LogP contribution < -0.4 is 5.73 Å². The first kappa shape index (κ1) is 16.0. The van der Waals surface area contributed by atoms with Gasteiger partial charge in [0, 0.05) is 35.3 Å². The highest BCUT2D eigenvalue weighted by Crippen LogP contribution is 2.25. The third-order valence-electron chi connectivity index (χ3n) is 3.70. The summed E-state index contributed by atoms with van der Waals surface area (Å²) in [5.74, 6) is 0.441. The zero-order chi connectivity index (χ0) is 16.1. The van der Waals surface area contributed by atoms with Crippen LogP contribution in [-0.2, 0) is 16.2 Å². The number of hydrogen-bond acceptors (Lipinski definition) is 5. The molecule has 0 atom stereocenters. The second kappa shape index (κ2) is 7.59. The molecule has 0 bridgehead atoms. The van der Waals surface area contributed by atoms with Gasteiger partial charge in [0.2, 0.25) is 0 Å². The quantitative estimate of drug-likeness (QED) is 0.514. The maximum absolute atomic E-state index is 6.25. The number of morpholine rings is 1. The average Bonchev–Trinajstić information content (AvgIpc) is 2.58. The Hall–Kier alpha value is -1.89. The summed E-state index contributed by atoms with van der Waals surface area (Å²) in [5.41, 5.74) is 7.55. The van der Waals surface area contributed by atoms with Crippen LogP contribution in [0.4, 0.5) is 0 Å². The lowest BCUT2D eigenvalue weighted by Crippen LogP contribution is -2.41. The third-order valence-corrected chi connectivity index (χ3v) is 4.06. The van der Waals surface area contributed by atoms with Crippen molar-refractivity contribution in [1.29, 1.82) is 0 Å². The van der Waals surface area contributed by atoms with E-state index >= 15 is 0 Å². The molecule has 2 N–H and O–H groups in total. The zero-order valence-corrected chi connectivity index (χ0v) is 13.5. The van der Waals surface area contributed by atoms with Gasteiger partial charge >= 0.3 is 0 Å². The molecule has 0 radical (unpaired) electrons. The first-order chi connectivity index (χ1) is 11.2. The van der Waals surface area contributed by atoms with Gasteiger partial charge in [-0.1, -0.05) is 28.9 Å². The number of oxime groups is 1. The second-order valence-corrected chi connectivity index (χ2v) is 5.75. The van der Waals surface area contributed by atoms with Gasteiger partial charge in [-0.3, -0.25) is 9.88 Å². The summed E-state index contributed by atoms with van der Waals surface area (Å²) in [7, 11) is 0. The summed E-state index contributed by atoms with van der Waals surface area (Å²) in [5, 5.41) is 5.61. The zero-order valence-electron chi connectivity index (χ0n) is 12.7. The van der Waals surface area contributed by atoms with Gasteiger partial charge in [0.15, 0.2) is 5.84 Å². The van der Waals surface area contributed by atoms with Crippen LogP contribution in [0.2, 0.25) is 5.02 Å². The molecule has 0 unspecified atom stereocenters. The number of halogens is 1. The van der Waals surface area contributed by atoms with Crippen molar-refractivity contribution < 1.29 is 9.57 Å². The molecule has 0 aliphatic carbocycles. The van der Waals surface area contributed by atoms with Crippen molar-refractivity contribution in [2.75, 3.05) is 32.8 Å². The largest absolute Gasteiger partial charge is 0.389 e. The fourth-order valence-corrected chi connectivity index (χ4v) is 2.72. The minimum atomic E-state index is 0.233. The van der Waals surface area contributed by atoms with Crippen LogP contribution in [0.3, 0.4) is 0 Å². The molecule has 0 amide bonds. The molecule has 2 heterocycles. The monoisotopic (exact) mass is 334 g/mol. The highest BCUT2D eigenvalue weighted by Gasteiger charge is 2.12. The fourth-order valence-electron chi connectivity index (χ4n) is 2.52. The maximum atomic E-state index is 6.25. The van der Waals surface area contributed by atoms with Crippen LogP contribution in [0.15, 0.2) is 35.6 Å². The van der Waals surface area contributed by atoms with E-state index in [1.807, 2.05) is 24.3 Å². The van der Waals surface area contributed by atoms with Gasteiger partial charge in [-0.2, -0.15) is 0 Å². The Kier molecular flexibility index (Phi) is 5.27. The van der Waals surface area contributed by atoms with Gasteiger partial charge in [0.25, 0.3) is 0 Å². The van der Waals surface area contributed by atoms with Crippen molar-refractivity contribution in [3.05, 3.63) is 41.0 Å². The van der Waals surface area contributed by atoms with Crippen LogP contribution in [0, 0.1) is 0 Å². The molecule has 1 aromatic heterocycles. The number of benzene rings is 1. The van der Waals surface area contributed by atoms with E-state index in [-0.39, 0.29) is 6.61 Å². The van der Waals surface area contributed by atoms with Crippen molar-refractivity contribution in [1.82, 2.24) is 9.88 Å². The predicted octanol–water partition coefficient (Wildman–Crippen LogP) is 2.01. The average molecular weight is 335 g/mol. The molecule has 1 fully saturated rings. The van der Waals surface area contributed by atoms with Crippen molar-refractivity contribution >= 4 is 28.3 Å². The number of aromatic nitrogens is 1. The Labute approximate surface area is 139 Å². The highest BCUT2D eigenvalue weighted by molar-refractivity contribution is 6.32. The lowest BCUT2D eigenvalue weighted by atomic mass is 10.1. The lowest BCUT2D eigenvalue weighted by molar-refractivity contribution is 0.0443. The van der Waals surface area contributed by atoms with E-state index in [4.69, 9.17) is 26.9 Å². The van der Waals surface area contributed by atoms with E-state index in [1.165, 1.54) is 0 Å². The van der Waals surface area contributed by atoms with Crippen LogP contribution in [0.1, 0.15) is 5.56 Å². The summed E-state index contributed by atoms with van der Waals surface area (Å²) in [4.78, 5) is 11.9. The summed E-state index contributed by atoms with van der Waals surface area (Å²) in [6.45, 7) is 3.98. The minimum Gasteiger partial charge on any atom is -0.389 e. The van der Waals surface area contributed by atoms with Gasteiger partial charge in [-0.05, 0) is 12.1 Å². The van der Waals surface area contributed by atoms with Gasteiger partial charge in [-0.15, -0.1) is 0 Å². The first-order valence-corrected chi connectivity index (χ1v) is 7.88. The van der Waals surface area contributed by atoms with Gasteiger partial charge in [-0.25, -0.2) is 0 Å². The molecule has 0 saturated carbocycles. The molecular formula is C16H19ClN4O2. The normalized spacial score (nSPS) is 16.7.